The van der Waals surface area contributed by atoms with Crippen LogP contribution >= 0.6 is 0 Å². The number of benzene rings is 1. The molecule has 2 atom stereocenters. The number of likely N-dealkylation sites (tertiary alicyclic amines) is 1. The molecule has 1 heterocycles. The zero-order valence-electron chi connectivity index (χ0n) is 12.4. The molecule has 1 aliphatic heterocycles. The SMILES string of the molecule is Cc1cc([N+](=O)[O-])ccc1C(=O)N1C(C)CCCC1CN. The Morgan fingerprint density at radius 3 is 2.76 bits per heavy atom. The number of carbonyl (C=O) groups excluding carboxylic acids is 1. The van der Waals surface area contributed by atoms with Crippen molar-refractivity contribution >= 4 is 11.6 Å². The summed E-state index contributed by atoms with van der Waals surface area (Å²) in [6.07, 6.45) is 2.96. The van der Waals surface area contributed by atoms with Crippen LogP contribution in [0.2, 0.25) is 0 Å². The third kappa shape index (κ3) is 3.05. The fraction of sp³-hybridized carbons (Fsp3) is 0.533. The second-order valence-corrected chi connectivity index (χ2v) is 5.64. The van der Waals surface area contributed by atoms with Crippen LogP contribution in [0, 0.1) is 17.0 Å². The van der Waals surface area contributed by atoms with Crippen molar-refractivity contribution in [1.82, 2.24) is 4.90 Å². The van der Waals surface area contributed by atoms with Gasteiger partial charge in [-0.05, 0) is 44.7 Å². The first-order valence-electron chi connectivity index (χ1n) is 7.23. The number of rotatable bonds is 3. The highest BCUT2D eigenvalue weighted by Crippen LogP contribution is 2.26. The van der Waals surface area contributed by atoms with Crippen molar-refractivity contribution in [3.8, 4) is 0 Å². The normalized spacial score (nSPS) is 22.1. The summed E-state index contributed by atoms with van der Waals surface area (Å²) < 4.78 is 0. The van der Waals surface area contributed by atoms with E-state index in [-0.39, 0.29) is 23.7 Å². The van der Waals surface area contributed by atoms with Gasteiger partial charge >= 0.3 is 0 Å². The summed E-state index contributed by atoms with van der Waals surface area (Å²) >= 11 is 0. The topological polar surface area (TPSA) is 89.5 Å². The molecule has 1 saturated heterocycles. The van der Waals surface area contributed by atoms with Crippen LogP contribution in [-0.2, 0) is 0 Å². The Hall–Kier alpha value is -1.95. The predicted molar refractivity (Wildman–Crippen MR) is 80.2 cm³/mol. The molecule has 6 heteroatoms. The van der Waals surface area contributed by atoms with Crippen molar-refractivity contribution in [3.63, 3.8) is 0 Å². The number of non-ortho nitro benzene ring substituents is 1. The number of aryl methyl sites for hydroxylation is 1. The van der Waals surface area contributed by atoms with E-state index >= 15 is 0 Å². The molecule has 0 aromatic heterocycles. The van der Waals surface area contributed by atoms with Crippen LogP contribution in [-0.4, -0.2) is 34.4 Å². The molecule has 2 unspecified atom stereocenters. The van der Waals surface area contributed by atoms with Gasteiger partial charge < -0.3 is 10.6 Å². The molecule has 0 spiro atoms. The standard InChI is InChI=1S/C15H21N3O3/c1-10-8-12(18(20)21)6-7-14(10)15(19)17-11(2)4-3-5-13(17)9-16/h6-8,11,13H,3-5,9,16H2,1-2H3. The van der Waals surface area contributed by atoms with Crippen LogP contribution in [0.1, 0.15) is 42.1 Å². The maximum absolute atomic E-state index is 12.8. The zero-order valence-corrected chi connectivity index (χ0v) is 12.4. The number of carbonyl (C=O) groups is 1. The first-order chi connectivity index (χ1) is 9.95. The lowest BCUT2D eigenvalue weighted by molar-refractivity contribution is -0.384. The fourth-order valence-electron chi connectivity index (χ4n) is 3.02. The number of piperidine rings is 1. The number of nitrogens with two attached hydrogens (primary N) is 1. The Kier molecular flexibility index (Phi) is 4.57. The minimum atomic E-state index is -0.451. The number of hydrogen-bond donors (Lipinski definition) is 1. The number of hydrogen-bond acceptors (Lipinski definition) is 4. The summed E-state index contributed by atoms with van der Waals surface area (Å²) in [5.74, 6) is -0.0787. The summed E-state index contributed by atoms with van der Waals surface area (Å²) in [6.45, 7) is 4.20. The summed E-state index contributed by atoms with van der Waals surface area (Å²) in [7, 11) is 0. The van der Waals surface area contributed by atoms with Gasteiger partial charge in [0.05, 0.1) is 4.92 Å². The Morgan fingerprint density at radius 2 is 2.19 bits per heavy atom. The Bertz CT molecular complexity index is 559. The third-order valence-electron chi connectivity index (χ3n) is 4.19. The lowest BCUT2D eigenvalue weighted by atomic mass is 9.94. The average molecular weight is 291 g/mol. The second-order valence-electron chi connectivity index (χ2n) is 5.64. The maximum Gasteiger partial charge on any atom is 0.269 e. The monoisotopic (exact) mass is 291 g/mol. The summed E-state index contributed by atoms with van der Waals surface area (Å²) in [6, 6.07) is 4.57. The van der Waals surface area contributed by atoms with Gasteiger partial charge in [-0.25, -0.2) is 0 Å². The van der Waals surface area contributed by atoms with Crippen LogP contribution in [0.15, 0.2) is 18.2 Å². The van der Waals surface area contributed by atoms with Crippen LogP contribution in [0.25, 0.3) is 0 Å². The molecule has 1 fully saturated rings. The number of nitro groups is 1. The predicted octanol–water partition coefficient (Wildman–Crippen LogP) is 2.25. The zero-order chi connectivity index (χ0) is 15.6. The molecule has 0 bridgehead atoms. The van der Waals surface area contributed by atoms with Gasteiger partial charge in [0.15, 0.2) is 0 Å². The fourth-order valence-corrected chi connectivity index (χ4v) is 3.02. The van der Waals surface area contributed by atoms with Gasteiger partial charge in [-0.3, -0.25) is 14.9 Å². The Balaban J connectivity index is 2.32. The van der Waals surface area contributed by atoms with Gasteiger partial charge in [0.1, 0.15) is 0 Å². The van der Waals surface area contributed by atoms with Crippen LogP contribution in [0.4, 0.5) is 5.69 Å². The first-order valence-corrected chi connectivity index (χ1v) is 7.23. The molecule has 1 amide bonds. The van der Waals surface area contributed by atoms with Gasteiger partial charge in [-0.1, -0.05) is 0 Å². The highest BCUT2D eigenvalue weighted by atomic mass is 16.6. The molecular formula is C15H21N3O3. The van der Waals surface area contributed by atoms with E-state index in [0.29, 0.717) is 17.7 Å². The van der Waals surface area contributed by atoms with Gasteiger partial charge in [-0.2, -0.15) is 0 Å². The van der Waals surface area contributed by atoms with E-state index < -0.39 is 4.92 Å². The van der Waals surface area contributed by atoms with E-state index in [4.69, 9.17) is 5.73 Å². The minimum Gasteiger partial charge on any atom is -0.332 e. The van der Waals surface area contributed by atoms with Crippen molar-refractivity contribution in [1.29, 1.82) is 0 Å². The molecule has 114 valence electrons. The molecule has 6 nitrogen and oxygen atoms in total. The van der Waals surface area contributed by atoms with Crippen molar-refractivity contribution in [2.24, 2.45) is 5.73 Å². The molecule has 2 rings (SSSR count). The van der Waals surface area contributed by atoms with Crippen LogP contribution in [0.5, 0.6) is 0 Å². The second kappa shape index (κ2) is 6.22. The number of amides is 1. The van der Waals surface area contributed by atoms with E-state index in [1.165, 1.54) is 12.1 Å². The Labute approximate surface area is 124 Å². The van der Waals surface area contributed by atoms with E-state index in [1.54, 1.807) is 13.0 Å². The summed E-state index contributed by atoms with van der Waals surface area (Å²) in [5.41, 5.74) is 6.94. The molecule has 1 aromatic rings. The third-order valence-corrected chi connectivity index (χ3v) is 4.19. The van der Waals surface area contributed by atoms with Crippen molar-refractivity contribution in [3.05, 3.63) is 39.4 Å². The molecule has 1 aromatic carbocycles. The maximum atomic E-state index is 12.8. The molecule has 0 aliphatic carbocycles. The molecule has 21 heavy (non-hydrogen) atoms. The van der Waals surface area contributed by atoms with Crippen LogP contribution in [0.3, 0.4) is 0 Å². The van der Waals surface area contributed by atoms with Gasteiger partial charge in [-0.15, -0.1) is 0 Å². The molecular weight excluding hydrogens is 270 g/mol. The highest BCUT2D eigenvalue weighted by Gasteiger charge is 2.32. The largest absolute Gasteiger partial charge is 0.332 e. The van der Waals surface area contributed by atoms with Crippen molar-refractivity contribution < 1.29 is 9.72 Å². The number of nitrogens with zero attached hydrogens (tertiary/aromatic N) is 2. The lowest BCUT2D eigenvalue weighted by Crippen LogP contribution is -2.52. The van der Waals surface area contributed by atoms with E-state index in [0.717, 1.165) is 19.3 Å². The average Bonchev–Trinajstić information content (AvgIpc) is 2.46. The minimum absolute atomic E-state index is 0.00566. The van der Waals surface area contributed by atoms with Crippen molar-refractivity contribution in [2.75, 3.05) is 6.54 Å². The van der Waals surface area contributed by atoms with Crippen molar-refractivity contribution in [2.45, 2.75) is 45.2 Å². The van der Waals surface area contributed by atoms with Crippen LogP contribution < -0.4 is 5.73 Å². The summed E-state index contributed by atoms with van der Waals surface area (Å²) in [4.78, 5) is 25.0. The molecule has 1 aliphatic rings. The smallest absolute Gasteiger partial charge is 0.269 e. The van der Waals surface area contributed by atoms with E-state index in [2.05, 4.69) is 0 Å². The quantitative estimate of drug-likeness (QED) is 0.683. The summed E-state index contributed by atoms with van der Waals surface area (Å²) in [5, 5.41) is 10.8. The molecule has 2 N–H and O–H groups in total. The van der Waals surface area contributed by atoms with Gasteiger partial charge in [0.25, 0.3) is 11.6 Å². The van der Waals surface area contributed by atoms with E-state index in [9.17, 15) is 14.9 Å². The van der Waals surface area contributed by atoms with Gasteiger partial charge in [0.2, 0.25) is 0 Å². The Morgan fingerprint density at radius 1 is 1.48 bits per heavy atom. The van der Waals surface area contributed by atoms with Gasteiger partial charge in [0, 0.05) is 36.3 Å². The first kappa shape index (κ1) is 15.4. The number of nitro benzene ring substituents is 1. The highest BCUT2D eigenvalue weighted by molar-refractivity contribution is 5.96. The lowest BCUT2D eigenvalue weighted by Gasteiger charge is -2.40. The molecule has 0 radical (unpaired) electrons. The van der Waals surface area contributed by atoms with E-state index in [1.807, 2.05) is 11.8 Å². The molecule has 0 saturated carbocycles.